The van der Waals surface area contributed by atoms with Crippen LogP contribution < -0.4 is 5.32 Å². The minimum absolute atomic E-state index is 0.00517. The number of halogens is 1. The second-order valence-electron chi connectivity index (χ2n) is 4.83. The molecule has 2 aromatic carbocycles. The van der Waals surface area contributed by atoms with Gasteiger partial charge >= 0.3 is 0 Å². The average molecular weight is 307 g/mol. The summed E-state index contributed by atoms with van der Waals surface area (Å²) in [5, 5.41) is 24.1. The fraction of sp³-hybridized carbons (Fsp3) is 0.200. The third-order valence-electron chi connectivity index (χ3n) is 3.04. The summed E-state index contributed by atoms with van der Waals surface area (Å²) in [5.74, 6) is -0.127. The van der Waals surface area contributed by atoms with E-state index in [1.54, 1.807) is 0 Å². The maximum atomic E-state index is 11.0. The summed E-state index contributed by atoms with van der Waals surface area (Å²) in [6.45, 7) is 1.94. The molecule has 5 nitrogen and oxygen atoms in total. The van der Waals surface area contributed by atoms with Gasteiger partial charge in [-0.1, -0.05) is 23.7 Å². The number of hydrogen-bond donors (Lipinski definition) is 2. The van der Waals surface area contributed by atoms with E-state index in [-0.39, 0.29) is 17.5 Å². The van der Waals surface area contributed by atoms with Crippen molar-refractivity contribution in [2.75, 3.05) is 5.32 Å². The SMILES string of the molecule is CC(Cc1ccc(Cl)cc1)Nc1ccc(O)cc1[N+](=O)[O-]. The number of nitrogens with one attached hydrogen (secondary N) is 1. The van der Waals surface area contributed by atoms with Gasteiger partial charge in [-0.05, 0) is 43.2 Å². The zero-order valence-electron chi connectivity index (χ0n) is 11.4. The average Bonchev–Trinajstić information content (AvgIpc) is 2.43. The van der Waals surface area contributed by atoms with Gasteiger partial charge in [-0.15, -0.1) is 0 Å². The van der Waals surface area contributed by atoms with Crippen molar-refractivity contribution in [3.05, 3.63) is 63.2 Å². The second-order valence-corrected chi connectivity index (χ2v) is 5.27. The number of aromatic hydroxyl groups is 1. The number of nitro groups is 1. The molecule has 0 aliphatic rings. The van der Waals surface area contributed by atoms with Crippen molar-refractivity contribution in [1.82, 2.24) is 0 Å². The van der Waals surface area contributed by atoms with Gasteiger partial charge in [0.05, 0.1) is 11.0 Å². The van der Waals surface area contributed by atoms with Crippen molar-refractivity contribution in [2.45, 2.75) is 19.4 Å². The standard InChI is InChI=1S/C15H15ClN2O3/c1-10(8-11-2-4-12(16)5-3-11)17-14-7-6-13(19)9-15(14)18(20)21/h2-7,9-10,17,19H,8H2,1H3. The highest BCUT2D eigenvalue weighted by atomic mass is 35.5. The molecule has 0 saturated carbocycles. The van der Waals surface area contributed by atoms with E-state index in [0.717, 1.165) is 11.6 Å². The fourth-order valence-electron chi connectivity index (χ4n) is 2.08. The van der Waals surface area contributed by atoms with Crippen molar-refractivity contribution in [3.8, 4) is 5.75 Å². The Morgan fingerprint density at radius 3 is 2.57 bits per heavy atom. The van der Waals surface area contributed by atoms with Gasteiger partial charge in [0.2, 0.25) is 0 Å². The predicted octanol–water partition coefficient (Wildman–Crippen LogP) is 4.00. The highest BCUT2D eigenvalue weighted by Gasteiger charge is 2.16. The number of phenolic OH excluding ortho intramolecular Hbond substituents is 1. The molecule has 0 saturated heterocycles. The monoisotopic (exact) mass is 306 g/mol. The van der Waals surface area contributed by atoms with Crippen molar-refractivity contribution in [1.29, 1.82) is 0 Å². The summed E-state index contributed by atoms with van der Waals surface area (Å²) in [6, 6.07) is 11.5. The summed E-state index contributed by atoms with van der Waals surface area (Å²) < 4.78 is 0. The Morgan fingerprint density at radius 2 is 1.95 bits per heavy atom. The van der Waals surface area contributed by atoms with Gasteiger partial charge in [0.1, 0.15) is 11.4 Å². The first-order chi connectivity index (χ1) is 9.95. The largest absolute Gasteiger partial charge is 0.508 e. The van der Waals surface area contributed by atoms with Crippen LogP contribution in [0.15, 0.2) is 42.5 Å². The molecule has 0 fully saturated rings. The molecule has 0 spiro atoms. The van der Waals surface area contributed by atoms with E-state index in [0.29, 0.717) is 17.1 Å². The maximum absolute atomic E-state index is 11.0. The Labute approximate surface area is 127 Å². The quantitative estimate of drug-likeness (QED) is 0.497. The molecule has 0 aromatic heterocycles. The second kappa shape index (κ2) is 6.45. The van der Waals surface area contributed by atoms with Crippen LogP contribution in [0.1, 0.15) is 12.5 Å². The highest BCUT2D eigenvalue weighted by molar-refractivity contribution is 6.30. The molecule has 0 heterocycles. The molecule has 110 valence electrons. The van der Waals surface area contributed by atoms with Crippen molar-refractivity contribution in [2.24, 2.45) is 0 Å². The molecule has 2 aromatic rings. The number of phenols is 1. The lowest BCUT2D eigenvalue weighted by atomic mass is 10.1. The molecule has 0 aliphatic carbocycles. The molecule has 0 aliphatic heterocycles. The molecule has 1 atom stereocenters. The number of nitrogens with zero attached hydrogens (tertiary/aromatic N) is 1. The normalized spacial score (nSPS) is 11.9. The van der Waals surface area contributed by atoms with E-state index < -0.39 is 4.92 Å². The van der Waals surface area contributed by atoms with Crippen molar-refractivity contribution >= 4 is 23.0 Å². The van der Waals surface area contributed by atoms with Gasteiger partial charge in [0.25, 0.3) is 5.69 Å². The maximum Gasteiger partial charge on any atom is 0.296 e. The lowest BCUT2D eigenvalue weighted by molar-refractivity contribution is -0.384. The molecule has 2 N–H and O–H groups in total. The van der Waals surface area contributed by atoms with Crippen LogP contribution in [0, 0.1) is 10.1 Å². The fourth-order valence-corrected chi connectivity index (χ4v) is 2.21. The number of benzene rings is 2. The summed E-state index contributed by atoms with van der Waals surface area (Å²) in [4.78, 5) is 10.5. The zero-order valence-corrected chi connectivity index (χ0v) is 12.2. The molecule has 0 amide bonds. The third kappa shape index (κ3) is 4.10. The lowest BCUT2D eigenvalue weighted by Crippen LogP contribution is -2.18. The van der Waals surface area contributed by atoms with Crippen LogP contribution in [0.5, 0.6) is 5.75 Å². The van der Waals surface area contributed by atoms with Crippen LogP contribution in [0.25, 0.3) is 0 Å². The Morgan fingerprint density at radius 1 is 1.29 bits per heavy atom. The predicted molar refractivity (Wildman–Crippen MR) is 83.0 cm³/mol. The molecule has 6 heteroatoms. The molecule has 0 radical (unpaired) electrons. The molecule has 0 bridgehead atoms. The van der Waals surface area contributed by atoms with Gasteiger partial charge < -0.3 is 10.4 Å². The molecule has 1 unspecified atom stereocenters. The van der Waals surface area contributed by atoms with Gasteiger partial charge in [0.15, 0.2) is 0 Å². The summed E-state index contributed by atoms with van der Waals surface area (Å²) in [7, 11) is 0. The van der Waals surface area contributed by atoms with Crippen LogP contribution in [0.4, 0.5) is 11.4 Å². The Kier molecular flexibility index (Phi) is 4.65. The highest BCUT2D eigenvalue weighted by Crippen LogP contribution is 2.29. The van der Waals surface area contributed by atoms with Gasteiger partial charge in [-0.25, -0.2) is 0 Å². The number of anilines is 1. The molecule has 21 heavy (non-hydrogen) atoms. The van der Waals surface area contributed by atoms with Gasteiger partial charge in [-0.2, -0.15) is 0 Å². The Hall–Kier alpha value is -2.27. The third-order valence-corrected chi connectivity index (χ3v) is 3.29. The topological polar surface area (TPSA) is 75.4 Å². The van der Waals surface area contributed by atoms with Crippen LogP contribution in [0.2, 0.25) is 5.02 Å². The van der Waals surface area contributed by atoms with Crippen LogP contribution >= 0.6 is 11.6 Å². The van der Waals surface area contributed by atoms with Crippen LogP contribution in [0.3, 0.4) is 0 Å². The summed E-state index contributed by atoms with van der Waals surface area (Å²) in [5.41, 5.74) is 1.33. The van der Waals surface area contributed by atoms with E-state index in [1.165, 1.54) is 12.1 Å². The molecular formula is C15H15ClN2O3. The zero-order chi connectivity index (χ0) is 15.4. The molecule has 2 rings (SSSR count). The number of hydrogen-bond acceptors (Lipinski definition) is 4. The first kappa shape index (κ1) is 15.1. The van der Waals surface area contributed by atoms with Gasteiger partial charge in [0, 0.05) is 11.1 Å². The van der Waals surface area contributed by atoms with E-state index in [4.69, 9.17) is 11.6 Å². The van der Waals surface area contributed by atoms with Crippen LogP contribution in [-0.2, 0) is 6.42 Å². The number of rotatable bonds is 5. The van der Waals surface area contributed by atoms with Gasteiger partial charge in [-0.3, -0.25) is 10.1 Å². The minimum Gasteiger partial charge on any atom is -0.508 e. The lowest BCUT2D eigenvalue weighted by Gasteiger charge is -2.15. The summed E-state index contributed by atoms with van der Waals surface area (Å²) >= 11 is 5.83. The molecular weight excluding hydrogens is 292 g/mol. The van der Waals surface area contributed by atoms with E-state index in [9.17, 15) is 15.2 Å². The Balaban J connectivity index is 2.10. The van der Waals surface area contributed by atoms with Crippen LogP contribution in [-0.4, -0.2) is 16.1 Å². The van der Waals surface area contributed by atoms with Crippen molar-refractivity contribution < 1.29 is 10.0 Å². The van der Waals surface area contributed by atoms with E-state index in [2.05, 4.69) is 5.32 Å². The summed E-state index contributed by atoms with van der Waals surface area (Å²) in [6.07, 6.45) is 0.704. The number of nitro benzene ring substituents is 1. The smallest absolute Gasteiger partial charge is 0.296 e. The first-order valence-electron chi connectivity index (χ1n) is 6.44. The Bertz CT molecular complexity index is 644. The van der Waals surface area contributed by atoms with Crippen molar-refractivity contribution in [3.63, 3.8) is 0 Å². The van der Waals surface area contributed by atoms with E-state index in [1.807, 2.05) is 31.2 Å². The van der Waals surface area contributed by atoms with E-state index >= 15 is 0 Å². The minimum atomic E-state index is -0.517. The first-order valence-corrected chi connectivity index (χ1v) is 6.82.